The summed E-state index contributed by atoms with van der Waals surface area (Å²) in [4.78, 5) is 11.4. The third-order valence-electron chi connectivity index (χ3n) is 3.48. The molecule has 13 heavy (non-hydrogen) atoms. The molecule has 0 heterocycles. The van der Waals surface area contributed by atoms with Crippen LogP contribution in [0.1, 0.15) is 53.9 Å². The van der Waals surface area contributed by atoms with Crippen LogP contribution in [0.2, 0.25) is 0 Å². The molecule has 0 amide bonds. The summed E-state index contributed by atoms with van der Waals surface area (Å²) in [6.45, 7) is 10.8. The van der Waals surface area contributed by atoms with E-state index in [9.17, 15) is 4.79 Å². The van der Waals surface area contributed by atoms with Crippen molar-refractivity contribution in [3.63, 3.8) is 0 Å². The van der Waals surface area contributed by atoms with Crippen LogP contribution >= 0.6 is 0 Å². The molecular weight excluding hydrogens is 160 g/mol. The summed E-state index contributed by atoms with van der Waals surface area (Å²) in [7, 11) is 0. The van der Waals surface area contributed by atoms with Gasteiger partial charge in [0, 0.05) is 5.92 Å². The van der Waals surface area contributed by atoms with Crippen LogP contribution in [-0.2, 0) is 4.79 Å². The number of hydrogen-bond acceptors (Lipinski definition) is 1. The van der Waals surface area contributed by atoms with Gasteiger partial charge >= 0.3 is 0 Å². The van der Waals surface area contributed by atoms with E-state index in [1.807, 2.05) is 0 Å². The van der Waals surface area contributed by atoms with Crippen LogP contribution in [0, 0.1) is 16.7 Å². The Kier molecular flexibility index (Phi) is 2.57. The van der Waals surface area contributed by atoms with Crippen LogP contribution < -0.4 is 0 Å². The predicted molar refractivity (Wildman–Crippen MR) is 55.6 cm³/mol. The summed E-state index contributed by atoms with van der Waals surface area (Å²) in [6.07, 6.45) is 3.44. The van der Waals surface area contributed by atoms with Crippen LogP contribution in [0.4, 0.5) is 0 Å². The fraction of sp³-hybridized carbons (Fsp3) is 0.917. The van der Waals surface area contributed by atoms with Crippen LogP contribution in [0.5, 0.6) is 0 Å². The van der Waals surface area contributed by atoms with Crippen LogP contribution in [-0.4, -0.2) is 5.78 Å². The first kappa shape index (κ1) is 10.7. The molecule has 0 aromatic rings. The molecule has 1 aliphatic carbocycles. The maximum atomic E-state index is 11.4. The van der Waals surface area contributed by atoms with Crippen LogP contribution in [0.25, 0.3) is 0 Å². The summed E-state index contributed by atoms with van der Waals surface area (Å²) in [6, 6.07) is 0. The molecule has 1 aliphatic rings. The van der Waals surface area contributed by atoms with Gasteiger partial charge in [0.15, 0.2) is 0 Å². The highest BCUT2D eigenvalue weighted by Gasteiger charge is 2.42. The lowest BCUT2D eigenvalue weighted by atomic mass is 9.59. The Balaban J connectivity index is 2.79. The first-order valence-corrected chi connectivity index (χ1v) is 5.25. The molecule has 0 aliphatic heterocycles. The maximum Gasteiger partial charge on any atom is 0.133 e. The van der Waals surface area contributed by atoms with E-state index in [-0.39, 0.29) is 5.41 Å². The van der Waals surface area contributed by atoms with Gasteiger partial charge in [-0.05, 0) is 37.0 Å². The highest BCUT2D eigenvalue weighted by atomic mass is 16.1. The molecule has 0 aromatic heterocycles. The second kappa shape index (κ2) is 3.11. The van der Waals surface area contributed by atoms with E-state index in [1.54, 1.807) is 6.92 Å². The molecule has 1 fully saturated rings. The second-order valence-electron chi connectivity index (χ2n) is 6.03. The van der Waals surface area contributed by atoms with Gasteiger partial charge in [0.2, 0.25) is 0 Å². The van der Waals surface area contributed by atoms with E-state index in [2.05, 4.69) is 27.7 Å². The molecular formula is C12H22O. The lowest BCUT2D eigenvalue weighted by Crippen LogP contribution is -2.39. The average molecular weight is 182 g/mol. The van der Waals surface area contributed by atoms with Gasteiger partial charge in [-0.25, -0.2) is 0 Å². The molecule has 0 bridgehead atoms. The van der Waals surface area contributed by atoms with Crippen molar-refractivity contribution >= 4 is 5.78 Å². The quantitative estimate of drug-likeness (QED) is 0.607. The van der Waals surface area contributed by atoms with Gasteiger partial charge in [-0.2, -0.15) is 0 Å². The largest absolute Gasteiger partial charge is 0.300 e. The highest BCUT2D eigenvalue weighted by molar-refractivity contribution is 5.79. The molecule has 0 spiro atoms. The van der Waals surface area contributed by atoms with Gasteiger partial charge in [0.25, 0.3) is 0 Å². The Hall–Kier alpha value is -0.330. The first-order valence-electron chi connectivity index (χ1n) is 5.25. The first-order chi connectivity index (χ1) is 5.75. The zero-order valence-electron chi connectivity index (χ0n) is 9.61. The zero-order valence-corrected chi connectivity index (χ0v) is 9.61. The van der Waals surface area contributed by atoms with Gasteiger partial charge in [-0.15, -0.1) is 0 Å². The fourth-order valence-corrected chi connectivity index (χ4v) is 3.12. The van der Waals surface area contributed by atoms with Crippen LogP contribution in [0.3, 0.4) is 0 Å². The van der Waals surface area contributed by atoms with Gasteiger partial charge < -0.3 is 0 Å². The van der Waals surface area contributed by atoms with Gasteiger partial charge in [0.1, 0.15) is 5.78 Å². The highest BCUT2D eigenvalue weighted by Crippen LogP contribution is 2.49. The smallest absolute Gasteiger partial charge is 0.133 e. The number of carbonyl (C=O) groups excluding carboxylic acids is 1. The SMILES string of the molecule is CC(=O)C1CCC(C)(C)CC1(C)C. The number of rotatable bonds is 1. The maximum absolute atomic E-state index is 11.4. The number of Topliss-reactive ketones (excluding diaryl/α,β-unsaturated/α-hetero) is 1. The molecule has 1 nitrogen and oxygen atoms in total. The van der Waals surface area contributed by atoms with Gasteiger partial charge in [0.05, 0.1) is 0 Å². The Morgan fingerprint density at radius 2 is 1.77 bits per heavy atom. The van der Waals surface area contributed by atoms with Crippen molar-refractivity contribution in [3.8, 4) is 0 Å². The van der Waals surface area contributed by atoms with Crippen LogP contribution in [0.15, 0.2) is 0 Å². The number of hydrogen-bond donors (Lipinski definition) is 0. The Labute approximate surface area is 81.9 Å². The van der Waals surface area contributed by atoms with E-state index in [1.165, 1.54) is 12.8 Å². The normalized spacial score (nSPS) is 31.3. The fourth-order valence-electron chi connectivity index (χ4n) is 3.12. The second-order valence-corrected chi connectivity index (χ2v) is 6.03. The minimum absolute atomic E-state index is 0.202. The molecule has 0 radical (unpaired) electrons. The van der Waals surface area contributed by atoms with Crippen molar-refractivity contribution in [2.75, 3.05) is 0 Å². The Morgan fingerprint density at radius 1 is 1.23 bits per heavy atom. The molecule has 1 unspecified atom stereocenters. The van der Waals surface area contributed by atoms with Crippen molar-refractivity contribution in [1.29, 1.82) is 0 Å². The average Bonchev–Trinajstić information content (AvgIpc) is 1.79. The third-order valence-corrected chi connectivity index (χ3v) is 3.48. The van der Waals surface area contributed by atoms with E-state index in [0.29, 0.717) is 17.1 Å². The minimum Gasteiger partial charge on any atom is -0.300 e. The van der Waals surface area contributed by atoms with Crippen molar-refractivity contribution < 1.29 is 4.79 Å². The molecule has 1 atom stereocenters. The molecule has 0 saturated heterocycles. The van der Waals surface area contributed by atoms with Crippen molar-refractivity contribution in [2.45, 2.75) is 53.9 Å². The van der Waals surface area contributed by atoms with Crippen molar-refractivity contribution in [1.82, 2.24) is 0 Å². The number of carbonyl (C=O) groups is 1. The molecule has 1 rings (SSSR count). The summed E-state index contributed by atoms with van der Waals surface area (Å²) < 4.78 is 0. The summed E-state index contributed by atoms with van der Waals surface area (Å²) in [5.41, 5.74) is 0.628. The molecule has 0 N–H and O–H groups in total. The van der Waals surface area contributed by atoms with Gasteiger partial charge in [-0.1, -0.05) is 27.7 Å². The summed E-state index contributed by atoms with van der Waals surface area (Å²) >= 11 is 0. The monoisotopic (exact) mass is 182 g/mol. The van der Waals surface area contributed by atoms with Crippen molar-refractivity contribution in [2.24, 2.45) is 16.7 Å². The summed E-state index contributed by atoms with van der Waals surface area (Å²) in [5, 5.41) is 0. The van der Waals surface area contributed by atoms with E-state index in [4.69, 9.17) is 0 Å². The third kappa shape index (κ3) is 2.32. The summed E-state index contributed by atoms with van der Waals surface area (Å²) in [5.74, 6) is 0.668. The topological polar surface area (TPSA) is 17.1 Å². The zero-order chi connectivity index (χ0) is 10.3. The van der Waals surface area contributed by atoms with Gasteiger partial charge in [-0.3, -0.25) is 4.79 Å². The molecule has 0 aromatic carbocycles. The predicted octanol–water partition coefficient (Wildman–Crippen LogP) is 3.43. The van der Waals surface area contributed by atoms with E-state index in [0.717, 1.165) is 6.42 Å². The molecule has 1 saturated carbocycles. The molecule has 76 valence electrons. The lowest BCUT2D eigenvalue weighted by molar-refractivity contribution is -0.127. The number of ketones is 1. The molecule has 1 heteroatoms. The Bertz CT molecular complexity index is 213. The Morgan fingerprint density at radius 3 is 2.15 bits per heavy atom. The lowest BCUT2D eigenvalue weighted by Gasteiger charge is -2.45. The van der Waals surface area contributed by atoms with E-state index >= 15 is 0 Å². The van der Waals surface area contributed by atoms with E-state index < -0.39 is 0 Å². The minimum atomic E-state index is 0.202. The van der Waals surface area contributed by atoms with Crippen molar-refractivity contribution in [3.05, 3.63) is 0 Å². The standard InChI is InChI=1S/C12H22O/c1-9(13)10-6-7-11(2,3)8-12(10,4)5/h10H,6-8H2,1-5H3.